The zero-order valence-electron chi connectivity index (χ0n) is 13.2. The fourth-order valence-electron chi connectivity index (χ4n) is 6.54. The summed E-state index contributed by atoms with van der Waals surface area (Å²) in [6, 6.07) is 6.96. The lowest BCUT2D eigenvalue weighted by atomic mass is 9.43. The quantitative estimate of drug-likeness (QED) is 0.852. The van der Waals surface area contributed by atoms with E-state index < -0.39 is 0 Å². The van der Waals surface area contributed by atoms with Crippen LogP contribution in [-0.2, 0) is 6.54 Å². The molecule has 0 aromatic heterocycles. The minimum Gasteiger partial charge on any atom is -0.307 e. The highest BCUT2D eigenvalue weighted by molar-refractivity contribution is 5.18. The summed E-state index contributed by atoms with van der Waals surface area (Å²) in [4.78, 5) is 0. The summed E-state index contributed by atoms with van der Waals surface area (Å²) in [6.45, 7) is 5.88. The number of nitrogens with one attached hydrogen (secondary N) is 1. The van der Waals surface area contributed by atoms with Crippen molar-refractivity contribution < 1.29 is 4.39 Å². The van der Waals surface area contributed by atoms with Gasteiger partial charge in [-0.25, -0.2) is 4.39 Å². The van der Waals surface area contributed by atoms with E-state index in [-0.39, 0.29) is 5.82 Å². The molecule has 0 aliphatic heterocycles. The van der Waals surface area contributed by atoms with Gasteiger partial charge in [0.2, 0.25) is 0 Å². The number of hydrogen-bond donors (Lipinski definition) is 1. The van der Waals surface area contributed by atoms with Crippen LogP contribution >= 0.6 is 0 Å². The summed E-state index contributed by atoms with van der Waals surface area (Å²) >= 11 is 0. The largest absolute Gasteiger partial charge is 0.307 e. The molecule has 4 bridgehead atoms. The van der Waals surface area contributed by atoms with Gasteiger partial charge in [0.15, 0.2) is 0 Å². The van der Waals surface area contributed by atoms with Gasteiger partial charge in [0.05, 0.1) is 0 Å². The molecule has 4 aliphatic carbocycles. The Hall–Kier alpha value is -0.890. The van der Waals surface area contributed by atoms with Gasteiger partial charge in [-0.3, -0.25) is 0 Å². The zero-order chi connectivity index (χ0) is 14.7. The van der Waals surface area contributed by atoms with Crippen LogP contribution in [0.4, 0.5) is 4.39 Å². The molecule has 0 saturated heterocycles. The number of halogens is 1. The van der Waals surface area contributed by atoms with Gasteiger partial charge < -0.3 is 5.32 Å². The summed E-state index contributed by atoms with van der Waals surface area (Å²) < 4.78 is 13.0. The first-order valence-electron chi connectivity index (χ1n) is 8.37. The maximum atomic E-state index is 13.0. The summed E-state index contributed by atoms with van der Waals surface area (Å²) in [5.74, 6) is 0.769. The molecule has 1 aromatic rings. The van der Waals surface area contributed by atoms with Gasteiger partial charge >= 0.3 is 0 Å². The van der Waals surface area contributed by atoms with Gasteiger partial charge in [0.1, 0.15) is 5.82 Å². The van der Waals surface area contributed by atoms with Crippen molar-refractivity contribution in [1.29, 1.82) is 0 Å². The molecule has 114 valence electrons. The first-order valence-corrected chi connectivity index (χ1v) is 8.37. The number of benzene rings is 1. The van der Waals surface area contributed by atoms with E-state index in [1.165, 1.54) is 44.1 Å². The molecule has 5 rings (SSSR count). The van der Waals surface area contributed by atoms with Gasteiger partial charge in [-0.15, -0.1) is 0 Å². The van der Waals surface area contributed by atoms with E-state index in [4.69, 9.17) is 0 Å². The Balaban J connectivity index is 1.53. The van der Waals surface area contributed by atoms with Crippen molar-refractivity contribution in [1.82, 2.24) is 5.32 Å². The van der Waals surface area contributed by atoms with E-state index in [0.29, 0.717) is 16.4 Å². The van der Waals surface area contributed by atoms with Gasteiger partial charge in [0, 0.05) is 12.1 Å². The average molecular weight is 287 g/mol. The van der Waals surface area contributed by atoms with Crippen molar-refractivity contribution in [3.8, 4) is 0 Å². The van der Waals surface area contributed by atoms with Crippen molar-refractivity contribution in [3.05, 3.63) is 35.6 Å². The molecule has 1 N–H and O–H groups in total. The van der Waals surface area contributed by atoms with Crippen LogP contribution in [0.3, 0.4) is 0 Å². The molecular formula is C19H26FN. The first kappa shape index (κ1) is 13.8. The van der Waals surface area contributed by atoms with E-state index in [2.05, 4.69) is 19.2 Å². The summed E-state index contributed by atoms with van der Waals surface area (Å²) in [5.41, 5.74) is 2.62. The van der Waals surface area contributed by atoms with Crippen LogP contribution in [0.25, 0.3) is 0 Å². The third-order valence-corrected chi connectivity index (χ3v) is 6.21. The highest BCUT2D eigenvalue weighted by atomic mass is 19.1. The van der Waals surface area contributed by atoms with Crippen LogP contribution in [0.5, 0.6) is 0 Å². The maximum Gasteiger partial charge on any atom is 0.123 e. The molecule has 0 radical (unpaired) electrons. The molecule has 4 fully saturated rings. The Bertz CT molecular complexity index is 531. The van der Waals surface area contributed by atoms with Crippen LogP contribution in [0.1, 0.15) is 57.9 Å². The highest BCUT2D eigenvalue weighted by Crippen LogP contribution is 2.66. The minimum atomic E-state index is -0.145. The Kier molecular flexibility index (Phi) is 2.83. The second-order valence-electron chi connectivity index (χ2n) is 8.89. The van der Waals surface area contributed by atoms with Crippen molar-refractivity contribution in [2.45, 2.75) is 64.5 Å². The molecule has 21 heavy (non-hydrogen) atoms. The maximum absolute atomic E-state index is 13.0. The van der Waals surface area contributed by atoms with Gasteiger partial charge in [-0.2, -0.15) is 0 Å². The second kappa shape index (κ2) is 4.32. The van der Waals surface area contributed by atoms with Crippen LogP contribution < -0.4 is 5.32 Å². The lowest BCUT2D eigenvalue weighted by Crippen LogP contribution is -2.63. The summed E-state index contributed by atoms with van der Waals surface area (Å²) in [7, 11) is 0. The Morgan fingerprint density at radius 1 is 1.00 bits per heavy atom. The molecule has 2 heteroatoms. The van der Waals surface area contributed by atoms with E-state index in [9.17, 15) is 4.39 Å². The van der Waals surface area contributed by atoms with E-state index in [1.54, 1.807) is 12.1 Å². The van der Waals surface area contributed by atoms with Gasteiger partial charge in [-0.05, 0) is 73.0 Å². The molecule has 2 atom stereocenters. The van der Waals surface area contributed by atoms with E-state index in [1.807, 2.05) is 12.1 Å². The lowest BCUT2D eigenvalue weighted by molar-refractivity contribution is -0.118. The second-order valence-corrected chi connectivity index (χ2v) is 8.89. The van der Waals surface area contributed by atoms with E-state index in [0.717, 1.165) is 12.5 Å². The molecular weight excluding hydrogens is 261 g/mol. The average Bonchev–Trinajstić information content (AvgIpc) is 2.34. The SMILES string of the molecule is CC12CC3CC(C)(C1)CC(NCc1ccc(F)cc1)(C3)C2. The van der Waals surface area contributed by atoms with Crippen LogP contribution in [0.2, 0.25) is 0 Å². The van der Waals surface area contributed by atoms with Gasteiger partial charge in [0.25, 0.3) is 0 Å². The van der Waals surface area contributed by atoms with Crippen molar-refractivity contribution in [2.75, 3.05) is 0 Å². The molecule has 0 amide bonds. The van der Waals surface area contributed by atoms with Crippen molar-refractivity contribution >= 4 is 0 Å². The third-order valence-electron chi connectivity index (χ3n) is 6.21. The monoisotopic (exact) mass is 287 g/mol. The predicted molar refractivity (Wildman–Crippen MR) is 83.4 cm³/mol. The molecule has 2 unspecified atom stereocenters. The normalized spacial score (nSPS) is 44.2. The smallest absolute Gasteiger partial charge is 0.123 e. The fourth-order valence-corrected chi connectivity index (χ4v) is 6.54. The summed E-state index contributed by atoms with van der Waals surface area (Å²) in [6.07, 6.45) is 8.28. The zero-order valence-corrected chi connectivity index (χ0v) is 13.2. The summed E-state index contributed by atoms with van der Waals surface area (Å²) in [5, 5.41) is 3.89. The minimum absolute atomic E-state index is 0.145. The molecule has 4 saturated carbocycles. The lowest BCUT2D eigenvalue weighted by Gasteiger charge is -2.65. The van der Waals surface area contributed by atoms with Crippen LogP contribution in [0, 0.1) is 22.6 Å². The number of rotatable bonds is 3. The Morgan fingerprint density at radius 3 is 2.19 bits per heavy atom. The molecule has 1 aromatic carbocycles. The fraction of sp³-hybridized carbons (Fsp3) is 0.684. The van der Waals surface area contributed by atoms with Crippen LogP contribution in [-0.4, -0.2) is 5.54 Å². The molecule has 0 spiro atoms. The molecule has 0 heterocycles. The standard InChI is InChI=1S/C19H26FN/c1-17-7-15-8-18(2,11-17)13-19(9-15,12-17)21-10-14-3-5-16(20)6-4-14/h3-6,15,21H,7-13H2,1-2H3. The third kappa shape index (κ3) is 2.42. The Labute approximate surface area is 127 Å². The highest BCUT2D eigenvalue weighted by Gasteiger charge is 2.59. The van der Waals surface area contributed by atoms with Gasteiger partial charge in [-0.1, -0.05) is 26.0 Å². The Morgan fingerprint density at radius 2 is 1.62 bits per heavy atom. The van der Waals surface area contributed by atoms with Crippen molar-refractivity contribution in [3.63, 3.8) is 0 Å². The van der Waals surface area contributed by atoms with E-state index >= 15 is 0 Å². The topological polar surface area (TPSA) is 12.0 Å². The molecule has 1 nitrogen and oxygen atoms in total. The first-order chi connectivity index (χ1) is 9.88. The molecule has 4 aliphatic rings. The van der Waals surface area contributed by atoms with Crippen LogP contribution in [0.15, 0.2) is 24.3 Å². The predicted octanol–water partition coefficient (Wildman–Crippen LogP) is 4.66. The van der Waals surface area contributed by atoms with Crippen molar-refractivity contribution in [2.24, 2.45) is 16.7 Å². The number of hydrogen-bond acceptors (Lipinski definition) is 1.